The van der Waals surface area contributed by atoms with Gasteiger partial charge in [-0.15, -0.1) is 0 Å². The van der Waals surface area contributed by atoms with Gasteiger partial charge in [-0.3, -0.25) is 9.36 Å². The Morgan fingerprint density at radius 3 is 2.44 bits per heavy atom. The zero-order valence-electron chi connectivity index (χ0n) is 36.4. The maximum absolute atomic E-state index is 7.25. The molecule has 0 saturated carbocycles. The minimum absolute atomic E-state index is 0.133. The monoisotopic (exact) mass is 862 g/mol. The molecule has 2 aliphatic heterocycles. The summed E-state index contributed by atoms with van der Waals surface area (Å²) in [6.45, 7) is 16.6. The zero-order valence-corrected chi connectivity index (χ0v) is 37.9. The molecule has 6 heterocycles. The molecule has 320 valence electrons. The van der Waals surface area contributed by atoms with Gasteiger partial charge in [0, 0.05) is 103 Å². The molecule has 4 aromatic heterocycles. The number of ether oxygens (including phenoxy) is 3. The number of hydrogen-bond acceptors (Lipinski definition) is 7. The van der Waals surface area contributed by atoms with Crippen molar-refractivity contribution in [3.63, 3.8) is 0 Å². The molecule has 3 aromatic carbocycles. The van der Waals surface area contributed by atoms with Crippen LogP contribution < -0.4 is 9.64 Å². The first-order chi connectivity index (χ1) is 29.5. The van der Waals surface area contributed by atoms with Gasteiger partial charge in [-0.2, -0.15) is 10.2 Å². The lowest BCUT2D eigenvalue weighted by Crippen LogP contribution is -2.36. The van der Waals surface area contributed by atoms with E-state index in [4.69, 9.17) is 52.6 Å². The van der Waals surface area contributed by atoms with Crippen LogP contribution in [0.1, 0.15) is 66.0 Å². The Kier molecular flexibility index (Phi) is 11.7. The van der Waals surface area contributed by atoms with Gasteiger partial charge in [0.05, 0.1) is 47.2 Å². The summed E-state index contributed by atoms with van der Waals surface area (Å²) < 4.78 is 26.4. The van der Waals surface area contributed by atoms with E-state index in [2.05, 4.69) is 71.3 Å². The maximum Gasteiger partial charge on any atom is 0.181 e. The number of nitrogens with zero attached hydrogens (tertiary/aromatic N) is 8. The number of rotatable bonds is 13. The van der Waals surface area contributed by atoms with E-state index in [9.17, 15) is 0 Å². The number of methoxy groups -OCH3 is 1. The predicted molar refractivity (Wildman–Crippen MR) is 245 cm³/mol. The van der Waals surface area contributed by atoms with E-state index in [0.29, 0.717) is 19.1 Å². The summed E-state index contributed by atoms with van der Waals surface area (Å²) in [6.07, 6.45) is 8.00. The molecule has 0 bridgehead atoms. The van der Waals surface area contributed by atoms with Crippen molar-refractivity contribution in [2.75, 3.05) is 45.0 Å². The summed E-state index contributed by atoms with van der Waals surface area (Å²) >= 11 is 13.7. The fraction of sp³-hybridized carbons (Fsp3) is 0.438. The maximum atomic E-state index is 7.25. The average Bonchev–Trinajstić information content (AvgIpc) is 4.00. The Labute approximate surface area is 368 Å². The van der Waals surface area contributed by atoms with Crippen LogP contribution >= 0.6 is 23.2 Å². The third kappa shape index (κ3) is 7.83. The molecule has 1 atom stereocenters. The molecule has 0 N–H and O–H groups in total. The Bertz CT molecular complexity index is 2720. The number of halogens is 2. The number of benzene rings is 3. The fourth-order valence-corrected chi connectivity index (χ4v) is 10.2. The van der Waals surface area contributed by atoms with Gasteiger partial charge in [-0.25, -0.2) is 4.98 Å². The second-order valence-corrected chi connectivity index (χ2v) is 17.9. The first-order valence-electron chi connectivity index (χ1n) is 21.6. The van der Waals surface area contributed by atoms with Crippen molar-refractivity contribution < 1.29 is 14.2 Å². The molecule has 0 aliphatic carbocycles. The molecule has 1 fully saturated rings. The van der Waals surface area contributed by atoms with Crippen LogP contribution in [0.4, 0.5) is 5.69 Å². The lowest BCUT2D eigenvalue weighted by atomic mass is 9.98. The Hall–Kier alpha value is -4.81. The standard InChI is InChI=1S/C48H56Cl2N8O3/c1-29-21-36(22-30(2)46(29)50)61-17-8-9-37-38-11-12-40(49)45(44-32(4)52-54(6)33(44)5)47(38)58-31(3)24-56(27-43(37)58)42-26-55(16-20-59-7)41-13-10-35(23-39(41)42)48-51-28-57(53-48)25-34-14-18-60-19-15-34/h10-13,21-23,26,28,31,34H,8-9,14-20,24-25,27H2,1-7H3/t31-/m1/s1. The number of aryl methyl sites for hydroxylation is 5. The summed E-state index contributed by atoms with van der Waals surface area (Å²) in [6, 6.07) is 15.1. The highest BCUT2D eigenvalue weighted by Crippen LogP contribution is 2.46. The molecule has 61 heavy (non-hydrogen) atoms. The summed E-state index contributed by atoms with van der Waals surface area (Å²) in [5.74, 6) is 2.16. The van der Waals surface area contributed by atoms with Gasteiger partial charge in [-0.05, 0) is 119 Å². The molecular formula is C48H56Cl2N8O3. The minimum atomic E-state index is 0.133. The van der Waals surface area contributed by atoms with Crippen LogP contribution in [-0.4, -0.2) is 73.8 Å². The van der Waals surface area contributed by atoms with Gasteiger partial charge < -0.3 is 28.2 Å². The number of fused-ring (bicyclic) bond motifs is 4. The van der Waals surface area contributed by atoms with E-state index in [1.54, 1.807) is 7.11 Å². The third-order valence-electron chi connectivity index (χ3n) is 12.9. The van der Waals surface area contributed by atoms with Gasteiger partial charge in [0.1, 0.15) is 12.1 Å². The highest BCUT2D eigenvalue weighted by molar-refractivity contribution is 6.35. The van der Waals surface area contributed by atoms with Crippen molar-refractivity contribution in [2.45, 2.75) is 86.0 Å². The van der Waals surface area contributed by atoms with E-state index in [0.717, 1.165) is 131 Å². The van der Waals surface area contributed by atoms with E-state index in [-0.39, 0.29) is 6.04 Å². The summed E-state index contributed by atoms with van der Waals surface area (Å²) in [5, 5.41) is 13.7. The number of anilines is 1. The Balaban J connectivity index is 1.11. The van der Waals surface area contributed by atoms with E-state index in [1.807, 2.05) is 48.7 Å². The van der Waals surface area contributed by atoms with E-state index in [1.165, 1.54) is 33.2 Å². The fourth-order valence-electron chi connectivity index (χ4n) is 9.82. The molecule has 13 heteroatoms. The van der Waals surface area contributed by atoms with Crippen molar-refractivity contribution in [1.82, 2.24) is 33.7 Å². The van der Waals surface area contributed by atoms with Gasteiger partial charge in [0.25, 0.3) is 0 Å². The van der Waals surface area contributed by atoms with E-state index < -0.39 is 0 Å². The Morgan fingerprint density at radius 2 is 1.70 bits per heavy atom. The van der Waals surface area contributed by atoms with Gasteiger partial charge in [-0.1, -0.05) is 29.3 Å². The second kappa shape index (κ2) is 17.2. The summed E-state index contributed by atoms with van der Waals surface area (Å²) in [5.41, 5.74) is 13.5. The van der Waals surface area contributed by atoms with Crippen LogP contribution in [0.2, 0.25) is 10.0 Å². The highest BCUT2D eigenvalue weighted by Gasteiger charge is 2.33. The van der Waals surface area contributed by atoms with Gasteiger partial charge in [0.15, 0.2) is 5.82 Å². The molecule has 2 aliphatic rings. The summed E-state index contributed by atoms with van der Waals surface area (Å²) in [4.78, 5) is 7.36. The molecule has 7 aromatic rings. The van der Waals surface area contributed by atoms with Crippen LogP contribution in [0.3, 0.4) is 0 Å². The molecule has 0 amide bonds. The first kappa shape index (κ1) is 41.5. The molecule has 0 unspecified atom stereocenters. The van der Waals surface area contributed by atoms with Crippen LogP contribution in [0.15, 0.2) is 55.0 Å². The number of hydrogen-bond donors (Lipinski definition) is 0. The van der Waals surface area contributed by atoms with Crippen molar-refractivity contribution in [3.8, 4) is 28.3 Å². The minimum Gasteiger partial charge on any atom is -0.494 e. The van der Waals surface area contributed by atoms with Crippen LogP contribution in [0.5, 0.6) is 5.75 Å². The quantitative estimate of drug-likeness (QED) is 0.107. The molecule has 9 rings (SSSR count). The van der Waals surface area contributed by atoms with Crippen molar-refractivity contribution >= 4 is 50.7 Å². The van der Waals surface area contributed by atoms with Gasteiger partial charge in [0.2, 0.25) is 0 Å². The van der Waals surface area contributed by atoms with E-state index >= 15 is 0 Å². The Morgan fingerprint density at radius 1 is 0.918 bits per heavy atom. The molecule has 11 nitrogen and oxygen atoms in total. The largest absolute Gasteiger partial charge is 0.494 e. The van der Waals surface area contributed by atoms with Crippen molar-refractivity contribution in [1.29, 1.82) is 0 Å². The predicted octanol–water partition coefficient (Wildman–Crippen LogP) is 10.5. The van der Waals surface area contributed by atoms with Crippen molar-refractivity contribution in [2.24, 2.45) is 13.0 Å². The zero-order chi connectivity index (χ0) is 42.5. The topological polar surface area (TPSA) is 89.3 Å². The molecule has 1 saturated heterocycles. The average molecular weight is 864 g/mol. The van der Waals surface area contributed by atoms with Crippen molar-refractivity contribution in [3.05, 3.63) is 98.8 Å². The third-order valence-corrected chi connectivity index (χ3v) is 13.8. The lowest BCUT2D eigenvalue weighted by molar-refractivity contribution is 0.0601. The molecule has 0 radical (unpaired) electrons. The molecule has 0 spiro atoms. The summed E-state index contributed by atoms with van der Waals surface area (Å²) in [7, 11) is 3.77. The molecular weight excluding hydrogens is 807 g/mol. The van der Waals surface area contributed by atoms with Crippen LogP contribution in [0, 0.1) is 33.6 Å². The SMILES string of the molecule is COCCn1cc(N2Cc3c(CCCOc4cc(C)c(Cl)c(C)c4)c4ccc(Cl)c(-c5c(C)nn(C)c5C)c4n3[C@H](C)C2)c2cc(-c3ncn(CC4CCOCC4)n3)ccc21. The van der Waals surface area contributed by atoms with Crippen LogP contribution in [0.25, 0.3) is 44.3 Å². The first-order valence-corrected chi connectivity index (χ1v) is 22.3. The normalized spacial score (nSPS) is 16.0. The second-order valence-electron chi connectivity index (χ2n) is 17.1. The number of aromatic nitrogens is 7. The smallest absolute Gasteiger partial charge is 0.181 e. The highest BCUT2D eigenvalue weighted by atomic mass is 35.5. The lowest BCUT2D eigenvalue weighted by Gasteiger charge is -2.36. The van der Waals surface area contributed by atoms with Gasteiger partial charge >= 0.3 is 0 Å². The van der Waals surface area contributed by atoms with Crippen LogP contribution in [-0.2, 0) is 42.6 Å².